The fourth-order valence-corrected chi connectivity index (χ4v) is 1.27. The highest BCUT2D eigenvalue weighted by molar-refractivity contribution is 5.58. The number of halogens is 3. The summed E-state index contributed by atoms with van der Waals surface area (Å²) >= 11 is 0. The molecule has 2 nitrogen and oxygen atoms in total. The molecule has 5 heteroatoms. The zero-order valence-electron chi connectivity index (χ0n) is 8.05. The third kappa shape index (κ3) is 2.50. The van der Waals surface area contributed by atoms with Crippen LogP contribution in [0.4, 0.5) is 24.5 Å². The van der Waals surface area contributed by atoms with Crippen molar-refractivity contribution in [2.45, 2.75) is 0 Å². The predicted octanol–water partition coefficient (Wildman–Crippen LogP) is 3.24. The fourth-order valence-electron chi connectivity index (χ4n) is 1.27. The summed E-state index contributed by atoms with van der Waals surface area (Å²) in [6.07, 6.45) is 1.26. The highest BCUT2D eigenvalue weighted by atomic mass is 19.1. The van der Waals surface area contributed by atoms with E-state index in [0.717, 1.165) is 24.3 Å². The molecule has 0 saturated heterocycles. The van der Waals surface area contributed by atoms with Crippen LogP contribution < -0.4 is 5.32 Å². The van der Waals surface area contributed by atoms with Gasteiger partial charge in [-0.1, -0.05) is 0 Å². The number of pyridine rings is 1. The van der Waals surface area contributed by atoms with Gasteiger partial charge in [0.25, 0.3) is 0 Å². The zero-order valence-corrected chi connectivity index (χ0v) is 8.05. The summed E-state index contributed by atoms with van der Waals surface area (Å²) in [6.45, 7) is 0. The zero-order chi connectivity index (χ0) is 11.5. The summed E-state index contributed by atoms with van der Waals surface area (Å²) in [5.41, 5.74) is 0.584. The summed E-state index contributed by atoms with van der Waals surface area (Å²) in [5.74, 6) is -2.06. The summed E-state index contributed by atoms with van der Waals surface area (Å²) in [4.78, 5) is 3.36. The van der Waals surface area contributed by atoms with E-state index in [1.165, 1.54) is 12.3 Å². The minimum atomic E-state index is -0.697. The lowest BCUT2D eigenvalue weighted by molar-refractivity contribution is 0.584. The molecular weight excluding hydrogens is 217 g/mol. The minimum absolute atomic E-state index is 0.211. The lowest BCUT2D eigenvalue weighted by atomic mass is 10.3. The second-order valence-electron chi connectivity index (χ2n) is 3.15. The molecule has 0 bridgehead atoms. The molecule has 2 aromatic rings. The standard InChI is InChI=1S/C11H7F3N2/c12-7-3-8(13)5-10(4-7)16-9-1-2-15-11(14)6-9/h1-6H,(H,15,16). The van der Waals surface area contributed by atoms with Gasteiger partial charge in [-0.15, -0.1) is 0 Å². The Balaban J connectivity index is 2.27. The number of rotatable bonds is 2. The van der Waals surface area contributed by atoms with Crippen molar-refractivity contribution in [2.75, 3.05) is 5.32 Å². The minimum Gasteiger partial charge on any atom is -0.355 e. The van der Waals surface area contributed by atoms with E-state index < -0.39 is 17.6 Å². The van der Waals surface area contributed by atoms with Crippen molar-refractivity contribution >= 4 is 11.4 Å². The van der Waals surface area contributed by atoms with E-state index in [1.807, 2.05) is 0 Å². The first-order valence-corrected chi connectivity index (χ1v) is 4.48. The smallest absolute Gasteiger partial charge is 0.214 e. The molecule has 1 heterocycles. The molecule has 0 spiro atoms. The molecule has 0 aliphatic rings. The van der Waals surface area contributed by atoms with Crippen molar-refractivity contribution in [1.29, 1.82) is 0 Å². The van der Waals surface area contributed by atoms with Gasteiger partial charge in [0, 0.05) is 29.7 Å². The van der Waals surface area contributed by atoms with E-state index in [4.69, 9.17) is 0 Å². The van der Waals surface area contributed by atoms with Crippen LogP contribution in [-0.4, -0.2) is 4.98 Å². The lowest BCUT2D eigenvalue weighted by Gasteiger charge is -2.06. The largest absolute Gasteiger partial charge is 0.355 e. The van der Waals surface area contributed by atoms with Crippen molar-refractivity contribution in [3.8, 4) is 0 Å². The van der Waals surface area contributed by atoms with Gasteiger partial charge in [0.15, 0.2) is 0 Å². The van der Waals surface area contributed by atoms with Crippen LogP contribution in [0.15, 0.2) is 36.5 Å². The number of hydrogen-bond acceptors (Lipinski definition) is 2. The number of aromatic nitrogens is 1. The van der Waals surface area contributed by atoms with Crippen LogP contribution in [0, 0.1) is 17.6 Å². The molecule has 0 fully saturated rings. The molecular formula is C11H7F3N2. The second-order valence-corrected chi connectivity index (χ2v) is 3.15. The van der Waals surface area contributed by atoms with E-state index in [-0.39, 0.29) is 5.69 Å². The number of benzene rings is 1. The summed E-state index contributed by atoms with van der Waals surface area (Å²) < 4.78 is 38.4. The van der Waals surface area contributed by atoms with Crippen molar-refractivity contribution in [3.63, 3.8) is 0 Å². The van der Waals surface area contributed by atoms with Gasteiger partial charge in [-0.25, -0.2) is 13.8 Å². The first-order valence-electron chi connectivity index (χ1n) is 4.48. The number of hydrogen-bond donors (Lipinski definition) is 1. The van der Waals surface area contributed by atoms with E-state index in [0.29, 0.717) is 5.69 Å². The Morgan fingerprint density at radius 1 is 0.875 bits per heavy atom. The van der Waals surface area contributed by atoms with E-state index in [9.17, 15) is 13.2 Å². The topological polar surface area (TPSA) is 24.9 Å². The van der Waals surface area contributed by atoms with Crippen LogP contribution in [0.1, 0.15) is 0 Å². The quantitative estimate of drug-likeness (QED) is 0.792. The van der Waals surface area contributed by atoms with Crippen LogP contribution in [0.3, 0.4) is 0 Å². The molecule has 0 atom stereocenters. The van der Waals surface area contributed by atoms with Crippen LogP contribution in [0.5, 0.6) is 0 Å². The molecule has 0 saturated carbocycles. The second kappa shape index (κ2) is 4.22. The van der Waals surface area contributed by atoms with Gasteiger partial charge in [-0.2, -0.15) is 4.39 Å². The van der Waals surface area contributed by atoms with E-state index >= 15 is 0 Å². The molecule has 1 aromatic heterocycles. The van der Waals surface area contributed by atoms with Gasteiger partial charge >= 0.3 is 0 Å². The first kappa shape index (κ1) is 10.5. The van der Waals surface area contributed by atoms with Crippen molar-refractivity contribution in [3.05, 3.63) is 54.1 Å². The normalized spacial score (nSPS) is 10.2. The van der Waals surface area contributed by atoms with Crippen molar-refractivity contribution in [1.82, 2.24) is 4.98 Å². The molecule has 0 amide bonds. The van der Waals surface area contributed by atoms with Gasteiger partial charge in [0.05, 0.1) is 0 Å². The Bertz CT molecular complexity index is 494. The molecule has 0 aliphatic heterocycles. The Hall–Kier alpha value is -2.04. The molecule has 82 valence electrons. The van der Waals surface area contributed by atoms with Crippen molar-refractivity contribution < 1.29 is 13.2 Å². The number of anilines is 2. The number of nitrogens with one attached hydrogen (secondary N) is 1. The maximum absolute atomic E-state index is 12.8. The highest BCUT2D eigenvalue weighted by Gasteiger charge is 2.01. The Morgan fingerprint density at radius 2 is 1.56 bits per heavy atom. The van der Waals surface area contributed by atoms with Crippen molar-refractivity contribution in [2.24, 2.45) is 0 Å². The lowest BCUT2D eigenvalue weighted by Crippen LogP contribution is -1.93. The third-order valence-electron chi connectivity index (χ3n) is 1.88. The molecule has 2 rings (SSSR count). The van der Waals surface area contributed by atoms with Crippen LogP contribution in [0.2, 0.25) is 0 Å². The Labute approximate surface area is 89.8 Å². The van der Waals surface area contributed by atoms with Gasteiger partial charge in [-0.05, 0) is 18.2 Å². The van der Waals surface area contributed by atoms with Gasteiger partial charge in [0.1, 0.15) is 11.6 Å². The Morgan fingerprint density at radius 3 is 2.19 bits per heavy atom. The molecule has 1 N–H and O–H groups in total. The van der Waals surface area contributed by atoms with Gasteiger partial charge in [0.2, 0.25) is 5.95 Å². The maximum atomic E-state index is 12.8. The molecule has 0 aliphatic carbocycles. The van der Waals surface area contributed by atoms with Crippen LogP contribution in [0.25, 0.3) is 0 Å². The average molecular weight is 224 g/mol. The maximum Gasteiger partial charge on any atom is 0.214 e. The fraction of sp³-hybridized carbons (Fsp3) is 0. The van der Waals surface area contributed by atoms with Crippen LogP contribution in [-0.2, 0) is 0 Å². The average Bonchev–Trinajstić information content (AvgIpc) is 2.15. The SMILES string of the molecule is Fc1cc(F)cc(Nc2ccnc(F)c2)c1. The molecule has 16 heavy (non-hydrogen) atoms. The summed E-state index contributed by atoms with van der Waals surface area (Å²) in [5, 5.41) is 2.67. The molecule has 1 aromatic carbocycles. The summed E-state index contributed by atoms with van der Waals surface area (Å²) in [6, 6.07) is 5.61. The van der Waals surface area contributed by atoms with Gasteiger partial charge in [-0.3, -0.25) is 0 Å². The van der Waals surface area contributed by atoms with E-state index in [2.05, 4.69) is 10.3 Å². The number of nitrogens with zero attached hydrogens (tertiary/aromatic N) is 1. The Kier molecular flexibility index (Phi) is 2.76. The monoisotopic (exact) mass is 224 g/mol. The van der Waals surface area contributed by atoms with Crippen LogP contribution >= 0.6 is 0 Å². The van der Waals surface area contributed by atoms with E-state index in [1.54, 1.807) is 0 Å². The predicted molar refractivity (Wildman–Crippen MR) is 53.8 cm³/mol. The van der Waals surface area contributed by atoms with Gasteiger partial charge < -0.3 is 5.32 Å². The highest BCUT2D eigenvalue weighted by Crippen LogP contribution is 2.18. The third-order valence-corrected chi connectivity index (χ3v) is 1.88. The first-order chi connectivity index (χ1) is 7.63. The molecule has 0 radical (unpaired) electrons. The summed E-state index contributed by atoms with van der Waals surface area (Å²) in [7, 11) is 0. The molecule has 0 unspecified atom stereocenters.